The molecule has 28 heavy (non-hydrogen) atoms. The van der Waals surface area contributed by atoms with E-state index in [0.717, 1.165) is 29.0 Å². The van der Waals surface area contributed by atoms with E-state index in [0.29, 0.717) is 10.9 Å². The number of benzene rings is 2. The Morgan fingerprint density at radius 3 is 2.71 bits per heavy atom. The summed E-state index contributed by atoms with van der Waals surface area (Å²) >= 11 is 0. The summed E-state index contributed by atoms with van der Waals surface area (Å²) in [6.45, 7) is 4.90. The molecule has 0 radical (unpaired) electrons. The van der Waals surface area contributed by atoms with Crippen LogP contribution in [0.2, 0.25) is 0 Å². The van der Waals surface area contributed by atoms with Gasteiger partial charge in [0.05, 0.1) is 28.5 Å². The van der Waals surface area contributed by atoms with E-state index in [4.69, 9.17) is 0 Å². The van der Waals surface area contributed by atoms with E-state index in [-0.39, 0.29) is 17.7 Å². The van der Waals surface area contributed by atoms with Crippen LogP contribution in [0.15, 0.2) is 47.3 Å². The lowest BCUT2D eigenvalue weighted by Gasteiger charge is -2.10. The summed E-state index contributed by atoms with van der Waals surface area (Å²) in [6.07, 6.45) is 0. The van der Waals surface area contributed by atoms with Gasteiger partial charge >= 0.3 is 0 Å². The number of amides is 1. The molecule has 0 aliphatic heterocycles. The van der Waals surface area contributed by atoms with E-state index in [9.17, 15) is 9.59 Å². The number of aryl methyl sites for hydroxylation is 3. The van der Waals surface area contributed by atoms with Crippen LogP contribution < -0.4 is 10.7 Å². The third-order valence-electron chi connectivity index (χ3n) is 4.88. The van der Waals surface area contributed by atoms with Crippen molar-refractivity contribution in [2.45, 2.75) is 26.9 Å². The number of nitrogens with one attached hydrogen (secondary N) is 1. The van der Waals surface area contributed by atoms with E-state index in [1.165, 1.54) is 0 Å². The number of para-hydroxylation sites is 2. The van der Waals surface area contributed by atoms with Crippen molar-refractivity contribution >= 4 is 27.8 Å². The zero-order chi connectivity index (χ0) is 19.8. The van der Waals surface area contributed by atoms with Gasteiger partial charge in [-0.25, -0.2) is 4.98 Å². The minimum absolute atomic E-state index is 0.111. The van der Waals surface area contributed by atoms with E-state index in [1.54, 1.807) is 17.8 Å². The van der Waals surface area contributed by atoms with Crippen LogP contribution >= 0.6 is 0 Å². The lowest BCUT2D eigenvalue weighted by Crippen LogP contribution is -2.32. The highest BCUT2D eigenvalue weighted by atomic mass is 16.2. The van der Waals surface area contributed by atoms with Crippen molar-refractivity contribution in [2.75, 3.05) is 0 Å². The van der Waals surface area contributed by atoms with E-state index >= 15 is 0 Å². The molecule has 7 heteroatoms. The monoisotopic (exact) mass is 375 g/mol. The summed E-state index contributed by atoms with van der Waals surface area (Å²) in [7, 11) is 1.73. The van der Waals surface area contributed by atoms with Gasteiger partial charge in [-0.05, 0) is 38.1 Å². The van der Waals surface area contributed by atoms with E-state index in [1.807, 2.05) is 54.8 Å². The molecule has 0 saturated carbocycles. The first-order valence-corrected chi connectivity index (χ1v) is 9.19. The van der Waals surface area contributed by atoms with Crippen molar-refractivity contribution in [3.63, 3.8) is 0 Å². The van der Waals surface area contributed by atoms with Gasteiger partial charge in [0, 0.05) is 13.6 Å². The van der Waals surface area contributed by atoms with Gasteiger partial charge < -0.3 is 9.88 Å². The molecule has 2 aromatic heterocycles. The van der Waals surface area contributed by atoms with Gasteiger partial charge in [0.2, 0.25) is 5.43 Å². The molecule has 142 valence electrons. The smallest absolute Gasteiger partial charge is 0.276 e. The number of hydrogen-bond donors (Lipinski definition) is 1. The Hall–Kier alpha value is -3.48. The average molecular weight is 375 g/mol. The van der Waals surface area contributed by atoms with Gasteiger partial charge in [0.25, 0.3) is 5.91 Å². The molecule has 0 spiro atoms. The number of rotatable bonds is 4. The fourth-order valence-electron chi connectivity index (χ4n) is 3.50. The molecule has 4 rings (SSSR count). The van der Waals surface area contributed by atoms with Gasteiger partial charge in [-0.3, -0.25) is 14.3 Å². The number of hydrogen-bond acceptors (Lipinski definition) is 4. The van der Waals surface area contributed by atoms with Crippen molar-refractivity contribution in [1.82, 2.24) is 24.6 Å². The second kappa shape index (κ2) is 6.92. The molecule has 0 unspecified atom stereocenters. The molecule has 7 nitrogen and oxygen atoms in total. The lowest BCUT2D eigenvalue weighted by atomic mass is 10.1. The maximum Gasteiger partial charge on any atom is 0.276 e. The largest absolute Gasteiger partial charge is 0.343 e. The zero-order valence-electron chi connectivity index (χ0n) is 16.1. The molecule has 0 fully saturated rings. The van der Waals surface area contributed by atoms with Crippen LogP contribution in [-0.4, -0.2) is 25.2 Å². The number of carbonyl (C=O) groups is 1. The number of carbonyl (C=O) groups excluding carboxylic acids is 1. The first-order valence-electron chi connectivity index (χ1n) is 9.19. The maximum atomic E-state index is 12.8. The van der Waals surface area contributed by atoms with Crippen LogP contribution in [0.25, 0.3) is 21.9 Å². The van der Waals surface area contributed by atoms with Crippen molar-refractivity contribution in [2.24, 2.45) is 7.05 Å². The van der Waals surface area contributed by atoms with Gasteiger partial charge in [0.15, 0.2) is 5.69 Å². The molecule has 0 bridgehead atoms. The highest BCUT2D eigenvalue weighted by molar-refractivity contribution is 5.95. The minimum Gasteiger partial charge on any atom is -0.343 e. The van der Waals surface area contributed by atoms with Crippen LogP contribution in [0.4, 0.5) is 0 Å². The van der Waals surface area contributed by atoms with Crippen LogP contribution in [-0.2, 0) is 20.1 Å². The zero-order valence-corrected chi connectivity index (χ0v) is 16.1. The molecule has 0 atom stereocenters. The topological polar surface area (TPSA) is 81.8 Å². The molecule has 0 saturated heterocycles. The molecule has 4 aromatic rings. The fourth-order valence-corrected chi connectivity index (χ4v) is 3.50. The predicted molar refractivity (Wildman–Crippen MR) is 108 cm³/mol. The molecule has 1 N–H and O–H groups in total. The third-order valence-corrected chi connectivity index (χ3v) is 4.88. The second-order valence-electron chi connectivity index (χ2n) is 6.77. The molecule has 0 aliphatic rings. The summed E-state index contributed by atoms with van der Waals surface area (Å²) in [5, 5.41) is 7.48. The first-order chi connectivity index (χ1) is 13.5. The van der Waals surface area contributed by atoms with Crippen LogP contribution in [0.3, 0.4) is 0 Å². The Kier molecular flexibility index (Phi) is 4.43. The Balaban J connectivity index is 1.66. The fraction of sp³-hybridized carbons (Fsp3) is 0.238. The van der Waals surface area contributed by atoms with Crippen LogP contribution in [0.1, 0.15) is 28.8 Å². The Morgan fingerprint density at radius 1 is 1.14 bits per heavy atom. The summed E-state index contributed by atoms with van der Waals surface area (Å²) in [6, 6.07) is 13.4. The summed E-state index contributed by atoms with van der Waals surface area (Å²) in [4.78, 5) is 30.1. The van der Waals surface area contributed by atoms with Crippen LogP contribution in [0.5, 0.6) is 0 Å². The van der Waals surface area contributed by atoms with Crippen molar-refractivity contribution in [1.29, 1.82) is 0 Å². The molecular formula is C21H21N5O2. The number of nitrogens with zero attached hydrogens (tertiary/aromatic N) is 4. The van der Waals surface area contributed by atoms with E-state index < -0.39 is 5.91 Å². The molecule has 2 heterocycles. The molecule has 2 aromatic carbocycles. The van der Waals surface area contributed by atoms with Crippen LogP contribution in [0, 0.1) is 6.92 Å². The molecular weight excluding hydrogens is 354 g/mol. The highest BCUT2D eigenvalue weighted by Gasteiger charge is 2.18. The highest BCUT2D eigenvalue weighted by Crippen LogP contribution is 2.16. The molecule has 0 aliphatic carbocycles. The Labute approximate surface area is 161 Å². The predicted octanol–water partition coefficient (Wildman–Crippen LogP) is 2.54. The quantitative estimate of drug-likeness (QED) is 0.594. The average Bonchev–Trinajstić information content (AvgIpc) is 3.06. The standard InChI is InChI=1S/C21H21N5O2/c1-4-26-17-8-6-5-7-15(17)23-18(26)12-22-21(28)19-20(27)14-11-13(2)9-10-16(14)25(3)24-19/h5-11H,4,12H2,1-3H3,(H,22,28). The van der Waals surface area contributed by atoms with Crippen molar-refractivity contribution < 1.29 is 4.79 Å². The molecule has 1 amide bonds. The third kappa shape index (κ3) is 2.94. The normalized spacial score (nSPS) is 11.2. The van der Waals surface area contributed by atoms with E-state index in [2.05, 4.69) is 15.4 Å². The van der Waals surface area contributed by atoms with Crippen molar-refractivity contribution in [3.05, 3.63) is 69.8 Å². The minimum atomic E-state index is -0.501. The summed E-state index contributed by atoms with van der Waals surface area (Å²) in [5.74, 6) is 0.240. The second-order valence-corrected chi connectivity index (χ2v) is 6.77. The van der Waals surface area contributed by atoms with Gasteiger partial charge in [-0.2, -0.15) is 5.10 Å². The summed E-state index contributed by atoms with van der Waals surface area (Å²) in [5.41, 5.74) is 3.07. The number of fused-ring (bicyclic) bond motifs is 2. The van der Waals surface area contributed by atoms with Gasteiger partial charge in [0.1, 0.15) is 5.82 Å². The van der Waals surface area contributed by atoms with Gasteiger partial charge in [-0.15, -0.1) is 0 Å². The lowest BCUT2D eigenvalue weighted by molar-refractivity contribution is 0.0941. The number of imidazole rings is 1. The Morgan fingerprint density at radius 2 is 1.93 bits per heavy atom. The number of aromatic nitrogens is 4. The first kappa shape index (κ1) is 17.9. The van der Waals surface area contributed by atoms with Crippen molar-refractivity contribution in [3.8, 4) is 0 Å². The SMILES string of the molecule is CCn1c(CNC(=O)c2nn(C)c3ccc(C)cc3c2=O)nc2ccccc21. The summed E-state index contributed by atoms with van der Waals surface area (Å²) < 4.78 is 3.61. The maximum absolute atomic E-state index is 12.8. The van der Waals surface area contributed by atoms with Gasteiger partial charge in [-0.1, -0.05) is 23.8 Å². The Bertz CT molecular complexity index is 1270.